The first-order valence-electron chi connectivity index (χ1n) is 11.1. The molecule has 0 radical (unpaired) electrons. The Kier molecular flexibility index (Phi) is 6.20. The van der Waals surface area contributed by atoms with Crippen LogP contribution in [0.15, 0.2) is 71.2 Å². The summed E-state index contributed by atoms with van der Waals surface area (Å²) < 4.78 is 43.3. The first-order valence-corrected chi connectivity index (χ1v) is 13.5. The number of amides is 1. The second kappa shape index (κ2) is 9.31. The molecule has 35 heavy (non-hydrogen) atoms. The molecule has 3 heterocycles. The van der Waals surface area contributed by atoms with Crippen LogP contribution in [0.1, 0.15) is 20.8 Å². The van der Waals surface area contributed by atoms with Gasteiger partial charge in [0.25, 0.3) is 10.0 Å². The van der Waals surface area contributed by atoms with Gasteiger partial charge in [-0.1, -0.05) is 6.07 Å². The van der Waals surface area contributed by atoms with E-state index in [0.29, 0.717) is 22.6 Å². The molecular weight excluding hydrogens is 489 g/mol. The van der Waals surface area contributed by atoms with E-state index in [1.807, 2.05) is 0 Å². The van der Waals surface area contributed by atoms with E-state index in [0.717, 1.165) is 18.7 Å². The van der Waals surface area contributed by atoms with E-state index in [2.05, 4.69) is 19.9 Å². The summed E-state index contributed by atoms with van der Waals surface area (Å²) >= 11 is 1.21. The first kappa shape index (κ1) is 23.3. The normalized spacial score (nSPS) is 17.0. The number of hydrogen-bond acceptors (Lipinski definition) is 6. The van der Waals surface area contributed by atoms with Gasteiger partial charge in [0.15, 0.2) is 5.13 Å². The number of carbonyl (C=O) groups excluding carboxylic acids is 1. The number of aromatic nitrogens is 2. The maximum absolute atomic E-state index is 14.0. The van der Waals surface area contributed by atoms with Crippen LogP contribution in [0, 0.1) is 5.82 Å². The fraction of sp³-hybridized carbons (Fsp3) is 0.250. The number of rotatable bonds is 7. The molecule has 11 heteroatoms. The number of thiazole rings is 1. The van der Waals surface area contributed by atoms with E-state index < -0.39 is 16.1 Å². The monoisotopic (exact) mass is 515 g/mol. The fourth-order valence-corrected chi connectivity index (χ4v) is 6.12. The molecule has 8 nitrogen and oxygen atoms in total. The third-order valence-corrected chi connectivity index (χ3v) is 8.38. The molecule has 5 rings (SSSR count). The average molecular weight is 516 g/mol. The zero-order valence-electron chi connectivity index (χ0n) is 18.9. The van der Waals surface area contributed by atoms with Crippen LogP contribution in [0.4, 0.5) is 15.2 Å². The molecule has 1 aliphatic heterocycles. The molecular formula is C24H26FN5O3S2. The minimum atomic E-state index is -3.70. The second-order valence-corrected chi connectivity index (χ2v) is 11.0. The number of carbonyl (C=O) groups is 1. The van der Waals surface area contributed by atoms with Crippen molar-refractivity contribution in [1.29, 1.82) is 0 Å². The summed E-state index contributed by atoms with van der Waals surface area (Å²) in [6, 6.07) is 12.7. The molecule has 0 spiro atoms. The Labute approximate surface area is 207 Å². The van der Waals surface area contributed by atoms with Crippen LogP contribution in [0.2, 0.25) is 0 Å². The number of sulfonamides is 1. The van der Waals surface area contributed by atoms with Gasteiger partial charge in [-0.25, -0.2) is 17.8 Å². The maximum Gasteiger partial charge on any atom is 0.263 e. The number of benzene rings is 2. The Hall–Kier alpha value is -3.44. The topological polar surface area (TPSA) is 96.3 Å². The van der Waals surface area contributed by atoms with Crippen molar-refractivity contribution >= 4 is 49.0 Å². The predicted octanol–water partition coefficient (Wildman–Crippen LogP) is 4.24. The van der Waals surface area contributed by atoms with Crippen molar-refractivity contribution in [3.63, 3.8) is 0 Å². The summed E-state index contributed by atoms with van der Waals surface area (Å²) in [5.41, 5.74) is 1.56. The van der Waals surface area contributed by atoms with E-state index in [9.17, 15) is 17.6 Å². The Bertz CT molecular complexity index is 1460. The van der Waals surface area contributed by atoms with Gasteiger partial charge in [0, 0.05) is 49.4 Å². The summed E-state index contributed by atoms with van der Waals surface area (Å²) in [6.07, 6.45) is 4.04. The number of hydrogen-bond donors (Lipinski definition) is 2. The van der Waals surface area contributed by atoms with Crippen molar-refractivity contribution in [2.45, 2.75) is 30.3 Å². The van der Waals surface area contributed by atoms with Gasteiger partial charge in [0.05, 0.1) is 10.4 Å². The van der Waals surface area contributed by atoms with E-state index in [4.69, 9.17) is 0 Å². The molecule has 2 aromatic heterocycles. The average Bonchev–Trinajstić information content (AvgIpc) is 3.60. The number of anilines is 2. The maximum atomic E-state index is 14.0. The van der Waals surface area contributed by atoms with Crippen LogP contribution < -0.4 is 14.9 Å². The van der Waals surface area contributed by atoms with Crippen molar-refractivity contribution in [3.8, 4) is 0 Å². The molecule has 2 N–H and O–H groups in total. The second-order valence-electron chi connectivity index (χ2n) is 8.45. The number of nitrogens with zero attached hydrogens (tertiary/aromatic N) is 3. The molecule has 1 fully saturated rings. The number of nitrogens with one attached hydrogen (secondary N) is 2. The minimum absolute atomic E-state index is 0. The quantitative estimate of drug-likeness (QED) is 0.384. The highest BCUT2D eigenvalue weighted by molar-refractivity contribution is 7.93. The molecule has 184 valence electrons. The van der Waals surface area contributed by atoms with Gasteiger partial charge in [-0.05, 0) is 55.8 Å². The fourth-order valence-electron chi connectivity index (χ4n) is 4.33. The minimum Gasteiger partial charge on any atom is -0.369 e. The third kappa shape index (κ3) is 4.73. The highest BCUT2D eigenvalue weighted by atomic mass is 32.2. The molecule has 0 saturated carbocycles. The number of fused-ring (bicyclic) bond motifs is 1. The molecule has 0 bridgehead atoms. The SMILES string of the molecule is C[C@H](C(=O)N[C@H]1CCN(c2ccc(S(=O)(=O)Nc3nccs3)cc2)C1)n1ccc2c(F)cccc21.[HH]. The lowest BCUT2D eigenvalue weighted by Gasteiger charge is -2.21. The van der Waals surface area contributed by atoms with Crippen LogP contribution >= 0.6 is 11.3 Å². The summed E-state index contributed by atoms with van der Waals surface area (Å²) in [5.74, 6) is -0.439. The predicted molar refractivity (Wildman–Crippen MR) is 137 cm³/mol. The Morgan fingerprint density at radius 2 is 2.03 bits per heavy atom. The van der Waals surface area contributed by atoms with Gasteiger partial charge in [0.1, 0.15) is 11.9 Å². The highest BCUT2D eigenvalue weighted by Gasteiger charge is 2.27. The van der Waals surface area contributed by atoms with Crippen LogP contribution in [-0.4, -0.2) is 43.0 Å². The molecule has 1 saturated heterocycles. The van der Waals surface area contributed by atoms with Crippen LogP contribution in [0.5, 0.6) is 0 Å². The standard InChI is InChI=1S/C24H24FN5O3S2.H2/c1-16(30-13-10-20-21(25)3-2-4-22(20)30)23(31)27-17-9-12-29(15-17)18-5-7-19(8-6-18)35(32,33)28-24-26-11-14-34-24;/h2-8,10-11,13-14,16-17H,9,12,15H2,1H3,(H,26,28)(H,27,31);1H/t16-,17+;/m1./s1. The molecule has 1 aliphatic rings. The van der Waals surface area contributed by atoms with Crippen LogP contribution in [0.25, 0.3) is 10.9 Å². The molecule has 0 unspecified atom stereocenters. The molecule has 2 aromatic carbocycles. The van der Waals surface area contributed by atoms with Gasteiger partial charge >= 0.3 is 0 Å². The van der Waals surface area contributed by atoms with E-state index in [1.54, 1.807) is 65.5 Å². The lowest BCUT2D eigenvalue weighted by atomic mass is 10.2. The van der Waals surface area contributed by atoms with Gasteiger partial charge in [-0.15, -0.1) is 11.3 Å². The Morgan fingerprint density at radius 1 is 1.23 bits per heavy atom. The summed E-state index contributed by atoms with van der Waals surface area (Å²) in [7, 11) is -3.70. The zero-order chi connectivity index (χ0) is 24.6. The smallest absolute Gasteiger partial charge is 0.263 e. The lowest BCUT2D eigenvalue weighted by molar-refractivity contribution is -0.124. The van der Waals surface area contributed by atoms with Gasteiger partial charge in [-0.3, -0.25) is 9.52 Å². The largest absolute Gasteiger partial charge is 0.369 e. The molecule has 2 atom stereocenters. The van der Waals surface area contributed by atoms with E-state index in [1.165, 1.54) is 23.6 Å². The van der Waals surface area contributed by atoms with Gasteiger partial charge < -0.3 is 14.8 Å². The number of halogens is 1. The Morgan fingerprint density at radius 3 is 2.77 bits per heavy atom. The van der Waals surface area contributed by atoms with Crippen molar-refractivity contribution in [3.05, 3.63) is 72.1 Å². The summed E-state index contributed by atoms with van der Waals surface area (Å²) in [6.45, 7) is 3.15. The van der Waals surface area contributed by atoms with Crippen molar-refractivity contribution < 1.29 is 19.0 Å². The summed E-state index contributed by atoms with van der Waals surface area (Å²) in [5, 5.41) is 5.61. The molecule has 1 amide bonds. The first-order chi connectivity index (χ1) is 16.8. The zero-order valence-corrected chi connectivity index (χ0v) is 20.5. The van der Waals surface area contributed by atoms with E-state index in [-0.39, 0.29) is 24.1 Å². The van der Waals surface area contributed by atoms with Crippen molar-refractivity contribution in [2.75, 3.05) is 22.7 Å². The third-order valence-electron chi connectivity index (χ3n) is 6.21. The van der Waals surface area contributed by atoms with Crippen LogP contribution in [-0.2, 0) is 14.8 Å². The van der Waals surface area contributed by atoms with Crippen molar-refractivity contribution in [2.24, 2.45) is 0 Å². The van der Waals surface area contributed by atoms with Crippen molar-refractivity contribution in [1.82, 2.24) is 14.9 Å². The van der Waals surface area contributed by atoms with Gasteiger partial charge in [0.2, 0.25) is 5.91 Å². The molecule has 0 aliphatic carbocycles. The summed E-state index contributed by atoms with van der Waals surface area (Å²) in [4.78, 5) is 19.2. The van der Waals surface area contributed by atoms with Gasteiger partial charge in [-0.2, -0.15) is 0 Å². The molecule has 4 aromatic rings. The Balaban J connectivity index is 0.00000304. The van der Waals surface area contributed by atoms with E-state index >= 15 is 0 Å². The highest BCUT2D eigenvalue weighted by Crippen LogP contribution is 2.26. The van der Waals surface area contributed by atoms with Crippen LogP contribution in [0.3, 0.4) is 0 Å². The lowest BCUT2D eigenvalue weighted by Crippen LogP contribution is -2.40.